The number of aryl methyl sites for hydroxylation is 2. The van der Waals surface area contributed by atoms with Crippen molar-refractivity contribution < 1.29 is 18.9 Å². The average molecular weight is 418 g/mol. The maximum atomic E-state index is 14.7. The lowest BCUT2D eigenvalue weighted by Crippen LogP contribution is -2.22. The number of nitro benzene ring substituents is 1. The van der Waals surface area contributed by atoms with E-state index in [1.54, 1.807) is 53.8 Å². The van der Waals surface area contributed by atoms with E-state index in [1.807, 2.05) is 0 Å². The number of fused-ring (bicyclic) bond motifs is 2. The highest BCUT2D eigenvalue weighted by molar-refractivity contribution is 6.50. The number of amides is 2. The Bertz CT molecular complexity index is 1510. The maximum absolute atomic E-state index is 14.7. The number of nitrogens with zero attached hydrogens (tertiary/aromatic N) is 3. The van der Waals surface area contributed by atoms with E-state index in [1.165, 1.54) is 18.2 Å². The van der Waals surface area contributed by atoms with E-state index in [9.17, 15) is 24.1 Å². The molecule has 0 saturated carbocycles. The van der Waals surface area contributed by atoms with Crippen molar-refractivity contribution in [3.63, 3.8) is 0 Å². The third-order valence-electron chi connectivity index (χ3n) is 5.62. The first-order valence-corrected chi connectivity index (χ1v) is 9.35. The molecule has 9 heteroatoms. The van der Waals surface area contributed by atoms with Crippen LogP contribution in [0.4, 0.5) is 10.1 Å². The molecular formula is C22H15FN4O4. The Balaban J connectivity index is 1.85. The summed E-state index contributed by atoms with van der Waals surface area (Å²) in [5.41, 5.74) is 1.98. The van der Waals surface area contributed by atoms with Crippen LogP contribution in [0.1, 0.15) is 11.1 Å². The second-order valence-electron chi connectivity index (χ2n) is 7.43. The van der Waals surface area contributed by atoms with Gasteiger partial charge in [0.25, 0.3) is 17.5 Å². The Morgan fingerprint density at radius 1 is 0.935 bits per heavy atom. The van der Waals surface area contributed by atoms with E-state index < -0.39 is 22.6 Å². The Hall–Kier alpha value is -4.27. The highest BCUT2D eigenvalue weighted by atomic mass is 19.1. The third-order valence-corrected chi connectivity index (χ3v) is 5.62. The van der Waals surface area contributed by atoms with Gasteiger partial charge in [-0.3, -0.25) is 25.0 Å². The van der Waals surface area contributed by atoms with Gasteiger partial charge in [0.15, 0.2) is 0 Å². The van der Waals surface area contributed by atoms with Gasteiger partial charge in [0.05, 0.1) is 27.1 Å². The van der Waals surface area contributed by atoms with Crippen LogP contribution in [-0.4, -0.2) is 25.9 Å². The first kappa shape index (κ1) is 18.7. The molecule has 0 fully saturated rings. The summed E-state index contributed by atoms with van der Waals surface area (Å²) < 4.78 is 18.1. The van der Waals surface area contributed by atoms with Crippen LogP contribution >= 0.6 is 0 Å². The third kappa shape index (κ3) is 2.59. The zero-order chi connectivity index (χ0) is 22.0. The SMILES string of the molecule is Cn1cc(C2=C(c3cn(C)c4cccc(F)c34)C(=O)NC2=O)c2ccc([N+](=O)[O-])cc21. The van der Waals surface area contributed by atoms with Crippen LogP contribution in [0.3, 0.4) is 0 Å². The van der Waals surface area contributed by atoms with Crippen molar-refractivity contribution >= 4 is 50.5 Å². The summed E-state index contributed by atoms with van der Waals surface area (Å²) in [5.74, 6) is -1.71. The lowest BCUT2D eigenvalue weighted by atomic mass is 9.95. The molecule has 0 unspecified atom stereocenters. The summed E-state index contributed by atoms with van der Waals surface area (Å²) in [6.45, 7) is 0. The number of benzene rings is 2. The smallest absolute Gasteiger partial charge is 0.271 e. The standard InChI is InChI=1S/C22H15FN4O4/c1-25-10-14(18-15(23)4-3-5-16(18)25)20-19(21(28)24-22(20)29)13-9-26(2)17-8-11(27(30)31)6-7-12(13)17/h3-10H,1-2H3,(H,24,28,29). The maximum Gasteiger partial charge on any atom is 0.271 e. The van der Waals surface area contributed by atoms with Gasteiger partial charge < -0.3 is 9.13 Å². The summed E-state index contributed by atoms with van der Waals surface area (Å²) in [4.78, 5) is 36.3. The number of rotatable bonds is 3. The molecule has 5 rings (SSSR count). The molecule has 1 aliphatic heterocycles. The second kappa shape index (κ2) is 6.36. The number of nitrogens with one attached hydrogen (secondary N) is 1. The highest BCUT2D eigenvalue weighted by Crippen LogP contribution is 2.39. The Morgan fingerprint density at radius 2 is 1.58 bits per heavy atom. The van der Waals surface area contributed by atoms with E-state index in [4.69, 9.17) is 0 Å². The van der Waals surface area contributed by atoms with E-state index in [-0.39, 0.29) is 22.2 Å². The second-order valence-corrected chi connectivity index (χ2v) is 7.43. The molecule has 2 amide bonds. The van der Waals surface area contributed by atoms with Gasteiger partial charge in [-0.05, 0) is 18.2 Å². The van der Waals surface area contributed by atoms with Gasteiger partial charge in [-0.2, -0.15) is 0 Å². The summed E-state index contributed by atoms with van der Waals surface area (Å²) in [6, 6.07) is 8.91. The number of carbonyl (C=O) groups is 2. The molecule has 154 valence electrons. The summed E-state index contributed by atoms with van der Waals surface area (Å²) in [5, 5.41) is 14.3. The molecule has 0 bridgehead atoms. The Labute approximate surface area is 174 Å². The highest BCUT2D eigenvalue weighted by Gasteiger charge is 2.35. The number of carbonyl (C=O) groups excluding carboxylic acids is 2. The van der Waals surface area contributed by atoms with E-state index in [2.05, 4.69) is 5.32 Å². The minimum absolute atomic E-state index is 0.0755. The molecular weight excluding hydrogens is 403 g/mol. The molecule has 3 heterocycles. The number of hydrogen-bond acceptors (Lipinski definition) is 4. The Morgan fingerprint density at radius 3 is 2.29 bits per heavy atom. The van der Waals surface area contributed by atoms with E-state index in [0.717, 1.165) is 0 Å². The number of hydrogen-bond donors (Lipinski definition) is 1. The lowest BCUT2D eigenvalue weighted by Gasteiger charge is -2.03. The fraction of sp³-hybridized carbons (Fsp3) is 0.0909. The lowest BCUT2D eigenvalue weighted by molar-refractivity contribution is -0.384. The van der Waals surface area contributed by atoms with Crippen molar-refractivity contribution in [2.75, 3.05) is 0 Å². The normalized spacial score (nSPS) is 14.2. The molecule has 0 aliphatic carbocycles. The summed E-state index contributed by atoms with van der Waals surface area (Å²) in [6.07, 6.45) is 3.26. The largest absolute Gasteiger partial charge is 0.350 e. The molecule has 4 aromatic rings. The van der Waals surface area contributed by atoms with Crippen LogP contribution in [0.15, 0.2) is 48.8 Å². The molecule has 8 nitrogen and oxygen atoms in total. The predicted octanol–water partition coefficient (Wildman–Crippen LogP) is 3.28. The van der Waals surface area contributed by atoms with Gasteiger partial charge in [-0.15, -0.1) is 0 Å². The fourth-order valence-electron chi connectivity index (χ4n) is 4.24. The van der Waals surface area contributed by atoms with Gasteiger partial charge in [-0.1, -0.05) is 6.07 Å². The van der Waals surface area contributed by atoms with E-state index in [0.29, 0.717) is 27.5 Å². The first-order valence-electron chi connectivity index (χ1n) is 9.35. The van der Waals surface area contributed by atoms with Crippen LogP contribution < -0.4 is 5.32 Å². The predicted molar refractivity (Wildman–Crippen MR) is 112 cm³/mol. The van der Waals surface area contributed by atoms with Crippen LogP contribution in [0, 0.1) is 15.9 Å². The molecule has 31 heavy (non-hydrogen) atoms. The molecule has 0 spiro atoms. The number of non-ortho nitro benzene ring substituents is 1. The molecule has 0 atom stereocenters. The van der Waals surface area contributed by atoms with Crippen LogP contribution in [0.25, 0.3) is 33.0 Å². The molecule has 2 aromatic carbocycles. The number of aromatic nitrogens is 2. The zero-order valence-electron chi connectivity index (χ0n) is 16.5. The average Bonchev–Trinajstić information content (AvgIpc) is 3.33. The van der Waals surface area contributed by atoms with Crippen molar-refractivity contribution in [3.8, 4) is 0 Å². The summed E-state index contributed by atoms with van der Waals surface area (Å²) >= 11 is 0. The van der Waals surface area contributed by atoms with Gasteiger partial charge in [-0.25, -0.2) is 4.39 Å². The van der Waals surface area contributed by atoms with E-state index >= 15 is 0 Å². The number of imide groups is 1. The quantitative estimate of drug-likeness (QED) is 0.314. The van der Waals surface area contributed by atoms with Crippen molar-refractivity contribution in [3.05, 3.63) is 75.9 Å². The van der Waals surface area contributed by atoms with Crippen LogP contribution in [0.5, 0.6) is 0 Å². The molecule has 1 N–H and O–H groups in total. The number of halogens is 1. The molecule has 1 aliphatic rings. The summed E-state index contributed by atoms with van der Waals surface area (Å²) in [7, 11) is 3.43. The fourth-order valence-corrected chi connectivity index (χ4v) is 4.24. The zero-order valence-corrected chi connectivity index (χ0v) is 16.5. The van der Waals surface area contributed by atoms with Crippen molar-refractivity contribution in [2.24, 2.45) is 14.1 Å². The van der Waals surface area contributed by atoms with Gasteiger partial charge >= 0.3 is 0 Å². The number of nitro groups is 1. The Kier molecular flexibility index (Phi) is 3.85. The van der Waals surface area contributed by atoms with Crippen LogP contribution in [0.2, 0.25) is 0 Å². The van der Waals surface area contributed by atoms with Gasteiger partial charge in [0, 0.05) is 60.5 Å². The molecule has 0 saturated heterocycles. The van der Waals surface area contributed by atoms with Crippen molar-refractivity contribution in [1.82, 2.24) is 14.5 Å². The minimum atomic E-state index is -0.616. The monoisotopic (exact) mass is 418 g/mol. The first-order chi connectivity index (χ1) is 14.8. The molecule has 0 radical (unpaired) electrons. The van der Waals surface area contributed by atoms with Crippen LogP contribution in [-0.2, 0) is 23.7 Å². The van der Waals surface area contributed by atoms with Gasteiger partial charge in [0.2, 0.25) is 0 Å². The minimum Gasteiger partial charge on any atom is -0.350 e. The topological polar surface area (TPSA) is 99.2 Å². The van der Waals surface area contributed by atoms with Crippen molar-refractivity contribution in [2.45, 2.75) is 0 Å². The molecule has 2 aromatic heterocycles. The van der Waals surface area contributed by atoms with Gasteiger partial charge in [0.1, 0.15) is 5.82 Å². The van der Waals surface area contributed by atoms with Crippen molar-refractivity contribution in [1.29, 1.82) is 0 Å².